The summed E-state index contributed by atoms with van der Waals surface area (Å²) in [5, 5.41) is 11.2. The molecule has 1 aromatic carbocycles. The van der Waals surface area contributed by atoms with Gasteiger partial charge in [-0.2, -0.15) is 0 Å². The van der Waals surface area contributed by atoms with Crippen molar-refractivity contribution in [2.75, 3.05) is 4.90 Å². The minimum absolute atomic E-state index is 0.137. The molecule has 0 aliphatic heterocycles. The number of nitrogens with zero attached hydrogens (tertiary/aromatic N) is 4. The average molecular weight is 398 g/mol. The van der Waals surface area contributed by atoms with Gasteiger partial charge < -0.3 is 4.42 Å². The number of aromatic nitrogens is 2. The van der Waals surface area contributed by atoms with Crippen LogP contribution in [0.5, 0.6) is 0 Å². The number of nitro groups is 1. The van der Waals surface area contributed by atoms with Gasteiger partial charge in [0.05, 0.1) is 22.8 Å². The fraction of sp³-hybridized carbons (Fsp3) is 0.0556. The van der Waals surface area contributed by atoms with Crippen LogP contribution >= 0.6 is 11.3 Å². The van der Waals surface area contributed by atoms with Gasteiger partial charge in [0.1, 0.15) is 10.7 Å². The molecule has 1 amide bonds. The molecule has 0 saturated carbocycles. The van der Waals surface area contributed by atoms with Crippen molar-refractivity contribution in [1.29, 1.82) is 0 Å². The molecule has 0 N–H and O–H groups in total. The van der Waals surface area contributed by atoms with Gasteiger partial charge in [-0.15, -0.1) is 0 Å². The standard InChI is InChI=1S/C18H11FN4O4S/c19-12-1-2-13-15(9-12)28-18(21-13)22(10-11-5-7-20-8-6-11)17(24)14-3-4-16(27-14)23(25)26/h1-9H,10H2. The Labute approximate surface area is 161 Å². The minimum Gasteiger partial charge on any atom is -0.395 e. The zero-order valence-corrected chi connectivity index (χ0v) is 14.9. The van der Waals surface area contributed by atoms with Crippen LogP contribution in [0, 0.1) is 15.9 Å². The summed E-state index contributed by atoms with van der Waals surface area (Å²) in [7, 11) is 0. The zero-order chi connectivity index (χ0) is 19.7. The van der Waals surface area contributed by atoms with Crippen molar-refractivity contribution < 1.29 is 18.5 Å². The van der Waals surface area contributed by atoms with Crippen molar-refractivity contribution in [3.63, 3.8) is 0 Å². The van der Waals surface area contributed by atoms with Crippen LogP contribution in [0.15, 0.2) is 59.3 Å². The third-order valence-corrected chi connectivity index (χ3v) is 4.93. The van der Waals surface area contributed by atoms with Gasteiger partial charge in [0, 0.05) is 12.4 Å². The number of benzene rings is 1. The van der Waals surface area contributed by atoms with Gasteiger partial charge in [-0.25, -0.2) is 9.37 Å². The van der Waals surface area contributed by atoms with Gasteiger partial charge in [0.25, 0.3) is 5.91 Å². The zero-order valence-electron chi connectivity index (χ0n) is 14.1. The summed E-state index contributed by atoms with van der Waals surface area (Å²) in [5.74, 6) is -1.72. The Balaban J connectivity index is 1.75. The summed E-state index contributed by atoms with van der Waals surface area (Å²) in [5.41, 5.74) is 1.31. The van der Waals surface area contributed by atoms with Crippen LogP contribution < -0.4 is 4.90 Å². The van der Waals surface area contributed by atoms with Crippen molar-refractivity contribution in [1.82, 2.24) is 9.97 Å². The number of carbonyl (C=O) groups is 1. The maximum atomic E-state index is 13.5. The lowest BCUT2D eigenvalue weighted by Crippen LogP contribution is -2.30. The minimum atomic E-state index is -0.718. The number of furan rings is 1. The molecule has 0 unspecified atom stereocenters. The molecular formula is C18H11FN4O4S. The first-order valence-electron chi connectivity index (χ1n) is 8.02. The van der Waals surface area contributed by atoms with Crippen molar-refractivity contribution in [2.24, 2.45) is 0 Å². The van der Waals surface area contributed by atoms with E-state index >= 15 is 0 Å². The van der Waals surface area contributed by atoms with Gasteiger partial charge >= 0.3 is 5.88 Å². The Morgan fingerprint density at radius 3 is 2.71 bits per heavy atom. The Morgan fingerprint density at radius 1 is 1.21 bits per heavy atom. The fourth-order valence-corrected chi connectivity index (χ4v) is 3.56. The second-order valence-corrected chi connectivity index (χ2v) is 6.76. The third kappa shape index (κ3) is 3.45. The summed E-state index contributed by atoms with van der Waals surface area (Å²) in [6.45, 7) is 0.137. The number of thiazole rings is 1. The van der Waals surface area contributed by atoms with E-state index in [-0.39, 0.29) is 12.3 Å². The van der Waals surface area contributed by atoms with E-state index in [9.17, 15) is 19.3 Å². The summed E-state index contributed by atoms with van der Waals surface area (Å²) >= 11 is 1.14. The number of fused-ring (bicyclic) bond motifs is 1. The van der Waals surface area contributed by atoms with Crippen LogP contribution in [0.1, 0.15) is 16.1 Å². The number of anilines is 1. The number of carbonyl (C=O) groups excluding carboxylic acids is 1. The molecule has 28 heavy (non-hydrogen) atoms. The number of halogens is 1. The molecule has 4 rings (SSSR count). The molecule has 8 nitrogen and oxygen atoms in total. The first-order chi connectivity index (χ1) is 13.5. The van der Waals surface area contributed by atoms with Crippen LogP contribution in [0.4, 0.5) is 15.4 Å². The molecule has 0 atom stereocenters. The van der Waals surface area contributed by atoms with Gasteiger partial charge in [-0.05, 0) is 42.0 Å². The maximum Gasteiger partial charge on any atom is 0.433 e. The lowest BCUT2D eigenvalue weighted by Gasteiger charge is -2.18. The normalized spacial score (nSPS) is 10.9. The summed E-state index contributed by atoms with van der Waals surface area (Å²) in [4.78, 5) is 32.8. The van der Waals surface area contributed by atoms with Gasteiger partial charge in [-0.1, -0.05) is 11.3 Å². The molecule has 0 fully saturated rings. The number of pyridine rings is 1. The number of rotatable bonds is 5. The molecule has 4 aromatic rings. The van der Waals surface area contributed by atoms with E-state index in [0.717, 1.165) is 23.0 Å². The van der Waals surface area contributed by atoms with Crippen LogP contribution in [-0.4, -0.2) is 20.8 Å². The molecule has 0 aliphatic rings. The Bertz CT molecular complexity index is 1170. The predicted molar refractivity (Wildman–Crippen MR) is 99.7 cm³/mol. The first-order valence-corrected chi connectivity index (χ1v) is 8.84. The van der Waals surface area contributed by atoms with Gasteiger partial charge in [-0.3, -0.25) is 24.8 Å². The molecule has 0 bridgehead atoms. The lowest BCUT2D eigenvalue weighted by atomic mass is 10.2. The highest BCUT2D eigenvalue weighted by Crippen LogP contribution is 2.32. The van der Waals surface area contributed by atoms with E-state index in [1.54, 1.807) is 24.5 Å². The summed E-state index contributed by atoms with van der Waals surface area (Å²) in [6.07, 6.45) is 3.17. The Kier molecular flexibility index (Phi) is 4.53. The third-order valence-electron chi connectivity index (χ3n) is 3.89. The SMILES string of the molecule is O=C(c1ccc([N+](=O)[O-])o1)N(Cc1ccncc1)c1nc2ccc(F)cc2s1. The molecule has 0 radical (unpaired) electrons. The molecule has 140 valence electrons. The maximum absolute atomic E-state index is 13.5. The van der Waals surface area contributed by atoms with Crippen LogP contribution in [0.3, 0.4) is 0 Å². The van der Waals surface area contributed by atoms with Crippen molar-refractivity contribution in [3.05, 3.63) is 82.1 Å². The summed E-state index contributed by atoms with van der Waals surface area (Å²) < 4.78 is 19.1. The monoisotopic (exact) mass is 398 g/mol. The van der Waals surface area contributed by atoms with E-state index in [4.69, 9.17) is 4.42 Å². The fourth-order valence-electron chi connectivity index (χ4n) is 2.57. The Morgan fingerprint density at radius 2 is 2.00 bits per heavy atom. The highest BCUT2D eigenvalue weighted by atomic mass is 32.1. The van der Waals surface area contributed by atoms with E-state index < -0.39 is 22.5 Å². The van der Waals surface area contributed by atoms with E-state index in [2.05, 4.69) is 9.97 Å². The molecule has 10 heteroatoms. The molecule has 3 heterocycles. The van der Waals surface area contributed by atoms with E-state index in [1.165, 1.54) is 29.2 Å². The summed E-state index contributed by atoms with van der Waals surface area (Å²) in [6, 6.07) is 9.98. The van der Waals surface area contributed by atoms with Crippen molar-refractivity contribution in [3.8, 4) is 0 Å². The van der Waals surface area contributed by atoms with Crippen LogP contribution in [0.2, 0.25) is 0 Å². The molecular weight excluding hydrogens is 387 g/mol. The van der Waals surface area contributed by atoms with Crippen LogP contribution in [-0.2, 0) is 6.54 Å². The number of amides is 1. The number of hydrogen-bond acceptors (Lipinski definition) is 7. The molecule has 0 spiro atoms. The second kappa shape index (κ2) is 7.16. The average Bonchev–Trinajstić information content (AvgIpc) is 3.33. The molecule has 0 aliphatic carbocycles. The quantitative estimate of drug-likeness (QED) is 0.369. The first kappa shape index (κ1) is 17.7. The van der Waals surface area contributed by atoms with E-state index in [0.29, 0.717) is 15.3 Å². The smallest absolute Gasteiger partial charge is 0.395 e. The lowest BCUT2D eigenvalue weighted by molar-refractivity contribution is -0.402. The Hall–Kier alpha value is -3.66. The van der Waals surface area contributed by atoms with E-state index in [1.807, 2.05) is 0 Å². The largest absolute Gasteiger partial charge is 0.433 e. The predicted octanol–water partition coefficient (Wildman–Crippen LogP) is 4.18. The van der Waals surface area contributed by atoms with Gasteiger partial charge in [0.15, 0.2) is 10.9 Å². The van der Waals surface area contributed by atoms with Crippen LogP contribution in [0.25, 0.3) is 10.2 Å². The second-order valence-electron chi connectivity index (χ2n) is 5.75. The molecule has 0 saturated heterocycles. The molecule has 3 aromatic heterocycles. The van der Waals surface area contributed by atoms with Crippen molar-refractivity contribution >= 4 is 38.5 Å². The van der Waals surface area contributed by atoms with Crippen molar-refractivity contribution in [2.45, 2.75) is 6.54 Å². The highest BCUT2D eigenvalue weighted by molar-refractivity contribution is 7.22. The highest BCUT2D eigenvalue weighted by Gasteiger charge is 2.26. The van der Waals surface area contributed by atoms with Gasteiger partial charge in [0.2, 0.25) is 0 Å². The number of hydrogen-bond donors (Lipinski definition) is 0. The topological polar surface area (TPSA) is 102 Å².